The number of guanidine groups is 1. The van der Waals surface area contributed by atoms with Crippen LogP contribution in [0.15, 0.2) is 53.7 Å². The van der Waals surface area contributed by atoms with E-state index in [1.165, 1.54) is 5.56 Å². The zero-order valence-electron chi connectivity index (χ0n) is 16.2. The summed E-state index contributed by atoms with van der Waals surface area (Å²) < 4.78 is 10.7. The average Bonchev–Trinajstić information content (AvgIpc) is 2.67. The Morgan fingerprint density at radius 1 is 1.15 bits per heavy atom. The van der Waals surface area contributed by atoms with E-state index < -0.39 is 0 Å². The second-order valence-corrected chi connectivity index (χ2v) is 5.82. The monoisotopic (exact) mass is 484 g/mol. The van der Waals surface area contributed by atoms with Gasteiger partial charge in [0.1, 0.15) is 6.61 Å². The molecule has 0 atom stereocenters. The van der Waals surface area contributed by atoms with Crippen LogP contribution in [0.5, 0.6) is 5.88 Å². The van der Waals surface area contributed by atoms with Crippen molar-refractivity contribution in [1.82, 2.24) is 15.2 Å². The van der Waals surface area contributed by atoms with Crippen molar-refractivity contribution in [2.45, 2.75) is 20.0 Å². The summed E-state index contributed by atoms with van der Waals surface area (Å²) in [6.07, 6.45) is 1.72. The predicted molar refractivity (Wildman–Crippen MR) is 120 cm³/mol. The third-order valence-corrected chi connectivity index (χ3v) is 3.73. The molecule has 0 amide bonds. The Morgan fingerprint density at radius 2 is 1.93 bits per heavy atom. The molecule has 1 heterocycles. The molecule has 1 N–H and O–H groups in total. The smallest absolute Gasteiger partial charge is 0.218 e. The van der Waals surface area contributed by atoms with E-state index in [-0.39, 0.29) is 24.0 Å². The van der Waals surface area contributed by atoms with Crippen molar-refractivity contribution in [3.63, 3.8) is 0 Å². The van der Waals surface area contributed by atoms with Crippen molar-refractivity contribution in [3.8, 4) is 5.88 Å². The molecule has 148 valence electrons. The van der Waals surface area contributed by atoms with Gasteiger partial charge in [-0.1, -0.05) is 36.4 Å². The van der Waals surface area contributed by atoms with E-state index >= 15 is 0 Å². The summed E-state index contributed by atoms with van der Waals surface area (Å²) in [6.45, 7) is 5.16. The highest BCUT2D eigenvalue weighted by Gasteiger charge is 2.08. The molecule has 0 unspecified atom stereocenters. The first-order valence-electron chi connectivity index (χ1n) is 8.83. The highest BCUT2D eigenvalue weighted by molar-refractivity contribution is 14.0. The minimum absolute atomic E-state index is 0. The molecular formula is C20H29IN4O2. The summed E-state index contributed by atoms with van der Waals surface area (Å²) in [7, 11) is 3.69. The third-order valence-electron chi connectivity index (χ3n) is 3.73. The van der Waals surface area contributed by atoms with Gasteiger partial charge in [0.05, 0.1) is 13.2 Å². The van der Waals surface area contributed by atoms with Gasteiger partial charge in [-0.15, -0.1) is 24.0 Å². The van der Waals surface area contributed by atoms with Gasteiger partial charge in [0.25, 0.3) is 0 Å². The summed E-state index contributed by atoms with van der Waals surface area (Å²) >= 11 is 0. The van der Waals surface area contributed by atoms with Gasteiger partial charge in [-0.2, -0.15) is 0 Å². The number of pyridine rings is 1. The first-order valence-corrected chi connectivity index (χ1v) is 8.83. The minimum Gasteiger partial charge on any atom is -0.475 e. The highest BCUT2D eigenvalue weighted by atomic mass is 127. The van der Waals surface area contributed by atoms with E-state index in [2.05, 4.69) is 34.3 Å². The van der Waals surface area contributed by atoms with E-state index in [0.717, 1.165) is 24.6 Å². The minimum atomic E-state index is 0. The average molecular weight is 484 g/mol. The molecule has 0 saturated heterocycles. The van der Waals surface area contributed by atoms with E-state index in [4.69, 9.17) is 14.5 Å². The molecule has 0 radical (unpaired) electrons. The molecule has 0 aliphatic heterocycles. The topological polar surface area (TPSA) is 59.0 Å². The normalized spacial score (nSPS) is 10.9. The molecule has 6 nitrogen and oxygen atoms in total. The second kappa shape index (κ2) is 13.3. The van der Waals surface area contributed by atoms with Crippen LogP contribution < -0.4 is 10.1 Å². The fourth-order valence-electron chi connectivity index (χ4n) is 2.46. The molecule has 0 bridgehead atoms. The Bertz CT molecular complexity index is 683. The number of rotatable bonds is 9. The molecule has 0 aliphatic carbocycles. The van der Waals surface area contributed by atoms with Gasteiger partial charge in [0, 0.05) is 39.0 Å². The lowest BCUT2D eigenvalue weighted by Crippen LogP contribution is -2.38. The summed E-state index contributed by atoms with van der Waals surface area (Å²) in [5, 5.41) is 3.34. The maximum atomic E-state index is 5.69. The Labute approximate surface area is 179 Å². The first-order chi connectivity index (χ1) is 12.7. The van der Waals surface area contributed by atoms with Gasteiger partial charge < -0.3 is 19.7 Å². The van der Waals surface area contributed by atoms with Crippen LogP contribution >= 0.6 is 24.0 Å². The number of ether oxygens (including phenoxy) is 2. The molecule has 27 heavy (non-hydrogen) atoms. The lowest BCUT2D eigenvalue weighted by Gasteiger charge is -2.22. The van der Waals surface area contributed by atoms with Crippen LogP contribution in [0, 0.1) is 0 Å². The molecule has 2 aromatic rings. The Balaban J connectivity index is 0.00000364. The SMILES string of the molecule is CCNC(=NCc1cccnc1OCCOC)N(C)Cc1ccccc1.I. The number of nitrogens with one attached hydrogen (secondary N) is 1. The predicted octanol–water partition coefficient (Wildman–Crippen LogP) is 3.32. The van der Waals surface area contributed by atoms with Gasteiger partial charge in [-0.3, -0.25) is 0 Å². The van der Waals surface area contributed by atoms with Crippen LogP contribution in [0.4, 0.5) is 0 Å². The van der Waals surface area contributed by atoms with Crippen molar-refractivity contribution in [3.05, 3.63) is 59.8 Å². The van der Waals surface area contributed by atoms with E-state index in [9.17, 15) is 0 Å². The summed E-state index contributed by atoms with van der Waals surface area (Å²) in [5.74, 6) is 1.46. The molecule has 1 aromatic carbocycles. The number of benzene rings is 1. The summed E-state index contributed by atoms with van der Waals surface area (Å²) in [4.78, 5) is 11.2. The first kappa shape index (κ1) is 23.2. The van der Waals surface area contributed by atoms with Crippen LogP contribution in [-0.2, 0) is 17.8 Å². The molecule has 2 rings (SSSR count). The molecular weight excluding hydrogens is 455 g/mol. The fourth-order valence-corrected chi connectivity index (χ4v) is 2.46. The van der Waals surface area contributed by atoms with Gasteiger partial charge in [-0.25, -0.2) is 9.98 Å². The van der Waals surface area contributed by atoms with Crippen molar-refractivity contribution >= 4 is 29.9 Å². The Hall–Kier alpha value is -1.87. The van der Waals surface area contributed by atoms with Gasteiger partial charge in [0.2, 0.25) is 5.88 Å². The van der Waals surface area contributed by atoms with Crippen molar-refractivity contribution in [2.75, 3.05) is 33.9 Å². The van der Waals surface area contributed by atoms with Crippen molar-refractivity contribution in [1.29, 1.82) is 0 Å². The van der Waals surface area contributed by atoms with Gasteiger partial charge >= 0.3 is 0 Å². The Morgan fingerprint density at radius 3 is 2.63 bits per heavy atom. The van der Waals surface area contributed by atoms with E-state index in [1.54, 1.807) is 13.3 Å². The highest BCUT2D eigenvalue weighted by Crippen LogP contribution is 2.15. The maximum Gasteiger partial charge on any atom is 0.218 e. The lowest BCUT2D eigenvalue weighted by atomic mass is 10.2. The van der Waals surface area contributed by atoms with Crippen LogP contribution in [0.25, 0.3) is 0 Å². The Kier molecular flexibility index (Phi) is 11.4. The quantitative estimate of drug-likeness (QED) is 0.256. The number of methoxy groups -OCH3 is 1. The maximum absolute atomic E-state index is 5.69. The summed E-state index contributed by atoms with van der Waals surface area (Å²) in [5.41, 5.74) is 2.19. The number of aliphatic imine (C=N–C) groups is 1. The molecule has 0 spiro atoms. The molecule has 0 fully saturated rings. The fraction of sp³-hybridized carbons (Fsp3) is 0.400. The standard InChI is InChI=1S/C20H28N4O2.HI/c1-4-21-20(24(2)16-17-9-6-5-7-10-17)23-15-18-11-8-12-22-19(18)26-14-13-25-3;/h5-12H,4,13-16H2,1-3H3,(H,21,23);1H. The van der Waals surface area contributed by atoms with Crippen LogP contribution in [-0.4, -0.2) is 49.8 Å². The van der Waals surface area contributed by atoms with Crippen LogP contribution in [0.3, 0.4) is 0 Å². The number of nitrogens with zero attached hydrogens (tertiary/aromatic N) is 3. The number of halogens is 1. The summed E-state index contributed by atoms with van der Waals surface area (Å²) in [6, 6.07) is 14.2. The van der Waals surface area contributed by atoms with Crippen molar-refractivity contribution < 1.29 is 9.47 Å². The number of aromatic nitrogens is 1. The van der Waals surface area contributed by atoms with Crippen LogP contribution in [0.2, 0.25) is 0 Å². The van der Waals surface area contributed by atoms with Crippen molar-refractivity contribution in [2.24, 2.45) is 4.99 Å². The van der Waals surface area contributed by atoms with Gasteiger partial charge in [0.15, 0.2) is 5.96 Å². The zero-order chi connectivity index (χ0) is 18.6. The second-order valence-electron chi connectivity index (χ2n) is 5.82. The molecule has 0 aliphatic rings. The zero-order valence-corrected chi connectivity index (χ0v) is 18.6. The molecule has 0 saturated carbocycles. The molecule has 7 heteroatoms. The van der Waals surface area contributed by atoms with Crippen LogP contribution in [0.1, 0.15) is 18.1 Å². The van der Waals surface area contributed by atoms with E-state index in [0.29, 0.717) is 25.6 Å². The number of hydrogen-bond donors (Lipinski definition) is 1. The lowest BCUT2D eigenvalue weighted by molar-refractivity contribution is 0.143. The largest absolute Gasteiger partial charge is 0.475 e. The van der Waals surface area contributed by atoms with Gasteiger partial charge in [-0.05, 0) is 18.6 Å². The van der Waals surface area contributed by atoms with E-state index in [1.807, 2.05) is 37.4 Å². The number of hydrogen-bond acceptors (Lipinski definition) is 4. The molecule has 1 aromatic heterocycles. The third kappa shape index (κ3) is 8.13.